The van der Waals surface area contributed by atoms with Crippen LogP contribution in [-0.2, 0) is 0 Å². The minimum Gasteiger partial charge on any atom is -0.477 e. The van der Waals surface area contributed by atoms with Gasteiger partial charge in [-0.1, -0.05) is 24.3 Å². The van der Waals surface area contributed by atoms with Crippen molar-refractivity contribution in [2.24, 2.45) is 0 Å². The topological polar surface area (TPSA) is 64.3 Å². The summed E-state index contributed by atoms with van der Waals surface area (Å²) in [6, 6.07) is 9.29. The maximum absolute atomic E-state index is 11.2. The van der Waals surface area contributed by atoms with Crippen LogP contribution in [0.2, 0.25) is 0 Å². The van der Waals surface area contributed by atoms with E-state index in [0.29, 0.717) is 6.61 Å². The second-order valence-electron chi connectivity index (χ2n) is 4.20. The van der Waals surface area contributed by atoms with E-state index in [9.17, 15) is 9.90 Å². The average molecular weight is 272 g/mol. The van der Waals surface area contributed by atoms with Crippen LogP contribution in [0, 0.1) is 0 Å². The molecule has 2 rings (SSSR count). The number of carbonyl (C=O) groups is 1. The summed E-state index contributed by atoms with van der Waals surface area (Å²) in [4.78, 5) is 11.2. The Labute approximate surface area is 117 Å². The number of para-hydroxylation sites is 1. The first kappa shape index (κ1) is 13.9. The number of hydrogen-bond acceptors (Lipinski definition) is 3. The van der Waals surface area contributed by atoms with Gasteiger partial charge in [0.15, 0.2) is 0 Å². The van der Waals surface area contributed by atoms with Crippen LogP contribution < -0.4 is 4.74 Å². The van der Waals surface area contributed by atoms with Crippen LogP contribution in [-0.4, -0.2) is 27.5 Å². The zero-order valence-corrected chi connectivity index (χ0v) is 11.0. The fourth-order valence-corrected chi connectivity index (χ4v) is 1.77. The summed E-state index contributed by atoms with van der Waals surface area (Å²) in [6.07, 6.45) is 4.71. The highest BCUT2D eigenvalue weighted by Crippen LogP contribution is 2.23. The van der Waals surface area contributed by atoms with E-state index in [-0.39, 0.29) is 11.4 Å². The van der Waals surface area contributed by atoms with Gasteiger partial charge >= 0.3 is 5.97 Å². The number of rotatable bonds is 7. The maximum atomic E-state index is 11.2. The van der Waals surface area contributed by atoms with E-state index in [0.717, 1.165) is 18.5 Å². The van der Waals surface area contributed by atoms with Crippen LogP contribution in [0.3, 0.4) is 0 Å². The summed E-state index contributed by atoms with van der Waals surface area (Å²) >= 11 is 0. The highest BCUT2D eigenvalue weighted by molar-refractivity contribution is 5.90. The fourth-order valence-electron chi connectivity index (χ4n) is 1.77. The molecule has 1 aromatic carbocycles. The van der Waals surface area contributed by atoms with Gasteiger partial charge in [0.2, 0.25) is 5.88 Å². The molecule has 0 bridgehead atoms. The van der Waals surface area contributed by atoms with Crippen molar-refractivity contribution in [3.63, 3.8) is 0 Å². The Balaban J connectivity index is 2.28. The summed E-state index contributed by atoms with van der Waals surface area (Å²) in [5, 5.41) is 13.3. The standard InChI is InChI=1S/C15H16N2O3/c1-2-3-7-10-20-14-13(15(18)19)11-16-17(14)12-8-5-4-6-9-12/h2,4-6,8-9,11H,1,3,7,10H2,(H,18,19). The number of ether oxygens (including phenoxy) is 1. The van der Waals surface area contributed by atoms with Crippen molar-refractivity contribution in [3.8, 4) is 11.6 Å². The zero-order valence-electron chi connectivity index (χ0n) is 11.0. The van der Waals surface area contributed by atoms with Gasteiger partial charge in [-0.15, -0.1) is 6.58 Å². The lowest BCUT2D eigenvalue weighted by atomic mass is 10.3. The maximum Gasteiger partial charge on any atom is 0.342 e. The van der Waals surface area contributed by atoms with Crippen molar-refractivity contribution >= 4 is 5.97 Å². The van der Waals surface area contributed by atoms with Crippen LogP contribution in [0.4, 0.5) is 0 Å². The van der Waals surface area contributed by atoms with Crippen LogP contribution in [0.15, 0.2) is 49.2 Å². The molecule has 2 aromatic rings. The van der Waals surface area contributed by atoms with Crippen molar-refractivity contribution in [1.82, 2.24) is 9.78 Å². The van der Waals surface area contributed by atoms with E-state index < -0.39 is 5.97 Å². The number of carboxylic acid groups (broad SMARTS) is 1. The first-order valence-electron chi connectivity index (χ1n) is 6.34. The van der Waals surface area contributed by atoms with Gasteiger partial charge in [-0.3, -0.25) is 0 Å². The van der Waals surface area contributed by atoms with Crippen molar-refractivity contribution < 1.29 is 14.6 Å². The Bertz CT molecular complexity index is 590. The molecule has 0 aliphatic rings. The Morgan fingerprint density at radius 2 is 2.15 bits per heavy atom. The molecule has 1 N–H and O–H groups in total. The summed E-state index contributed by atoms with van der Waals surface area (Å²) in [6.45, 7) is 4.06. The highest BCUT2D eigenvalue weighted by Gasteiger charge is 2.19. The minimum absolute atomic E-state index is 0.0625. The Hall–Kier alpha value is -2.56. The van der Waals surface area contributed by atoms with Gasteiger partial charge in [0.1, 0.15) is 5.56 Å². The van der Waals surface area contributed by atoms with Crippen molar-refractivity contribution in [2.45, 2.75) is 12.8 Å². The lowest BCUT2D eigenvalue weighted by molar-refractivity contribution is 0.0692. The van der Waals surface area contributed by atoms with E-state index >= 15 is 0 Å². The average Bonchev–Trinajstić information content (AvgIpc) is 2.88. The van der Waals surface area contributed by atoms with Gasteiger partial charge in [-0.05, 0) is 25.0 Å². The molecule has 104 valence electrons. The van der Waals surface area contributed by atoms with Crippen LogP contribution >= 0.6 is 0 Å². The molecule has 5 nitrogen and oxygen atoms in total. The SMILES string of the molecule is C=CCCCOc1c(C(=O)O)cnn1-c1ccccc1. The smallest absolute Gasteiger partial charge is 0.342 e. The van der Waals surface area contributed by atoms with Crippen LogP contribution in [0.25, 0.3) is 5.69 Å². The molecule has 1 heterocycles. The van der Waals surface area contributed by atoms with Crippen molar-refractivity contribution in [1.29, 1.82) is 0 Å². The molecule has 0 saturated heterocycles. The first-order chi connectivity index (χ1) is 9.74. The number of carboxylic acids is 1. The molecule has 0 unspecified atom stereocenters. The molecule has 5 heteroatoms. The number of nitrogens with zero attached hydrogens (tertiary/aromatic N) is 2. The summed E-state index contributed by atoms with van der Waals surface area (Å²) in [5.41, 5.74) is 0.825. The van der Waals surface area contributed by atoms with E-state index in [2.05, 4.69) is 11.7 Å². The highest BCUT2D eigenvalue weighted by atomic mass is 16.5. The predicted octanol–water partition coefficient (Wildman–Crippen LogP) is 2.92. The van der Waals surface area contributed by atoms with Gasteiger partial charge in [0, 0.05) is 0 Å². The largest absolute Gasteiger partial charge is 0.477 e. The third kappa shape index (κ3) is 3.06. The van der Waals surface area contributed by atoms with E-state index in [1.807, 2.05) is 30.3 Å². The number of unbranched alkanes of at least 4 members (excludes halogenated alkanes) is 1. The quantitative estimate of drug-likeness (QED) is 0.621. The second-order valence-corrected chi connectivity index (χ2v) is 4.20. The molecule has 0 atom stereocenters. The van der Waals surface area contributed by atoms with Crippen LogP contribution in [0.1, 0.15) is 23.2 Å². The van der Waals surface area contributed by atoms with Crippen molar-refractivity contribution in [2.75, 3.05) is 6.61 Å². The summed E-state index contributed by atoms with van der Waals surface area (Å²) in [7, 11) is 0. The van der Waals surface area contributed by atoms with E-state index in [1.165, 1.54) is 10.9 Å². The number of aromatic nitrogens is 2. The Morgan fingerprint density at radius 3 is 2.80 bits per heavy atom. The molecular formula is C15H16N2O3. The van der Waals surface area contributed by atoms with E-state index in [1.54, 1.807) is 6.08 Å². The molecule has 0 amide bonds. The fraction of sp³-hybridized carbons (Fsp3) is 0.200. The van der Waals surface area contributed by atoms with Gasteiger partial charge in [-0.25, -0.2) is 9.48 Å². The third-order valence-corrected chi connectivity index (χ3v) is 2.75. The van der Waals surface area contributed by atoms with Crippen molar-refractivity contribution in [3.05, 3.63) is 54.7 Å². The second kappa shape index (κ2) is 6.56. The normalized spacial score (nSPS) is 10.2. The lowest BCUT2D eigenvalue weighted by Crippen LogP contribution is -2.07. The molecule has 0 radical (unpaired) electrons. The molecule has 0 aliphatic carbocycles. The number of allylic oxidation sites excluding steroid dienone is 1. The number of benzene rings is 1. The Kier molecular flexibility index (Phi) is 4.55. The third-order valence-electron chi connectivity index (χ3n) is 2.75. The minimum atomic E-state index is -1.05. The van der Waals surface area contributed by atoms with Gasteiger partial charge in [0.25, 0.3) is 0 Å². The summed E-state index contributed by atoms with van der Waals surface area (Å²) in [5.74, 6) is -0.793. The molecule has 0 saturated carbocycles. The number of aromatic carboxylic acids is 1. The zero-order chi connectivity index (χ0) is 14.4. The summed E-state index contributed by atoms with van der Waals surface area (Å²) < 4.78 is 7.10. The molecule has 0 aliphatic heterocycles. The first-order valence-corrected chi connectivity index (χ1v) is 6.34. The number of hydrogen-bond donors (Lipinski definition) is 1. The Morgan fingerprint density at radius 1 is 1.40 bits per heavy atom. The molecule has 0 spiro atoms. The van der Waals surface area contributed by atoms with Gasteiger partial charge < -0.3 is 9.84 Å². The van der Waals surface area contributed by atoms with E-state index in [4.69, 9.17) is 4.74 Å². The molecule has 20 heavy (non-hydrogen) atoms. The molecular weight excluding hydrogens is 256 g/mol. The molecule has 0 fully saturated rings. The predicted molar refractivity (Wildman–Crippen MR) is 75.4 cm³/mol. The monoisotopic (exact) mass is 272 g/mol. The molecule has 1 aromatic heterocycles. The van der Waals surface area contributed by atoms with Gasteiger partial charge in [-0.2, -0.15) is 5.10 Å². The lowest BCUT2D eigenvalue weighted by Gasteiger charge is -2.09. The van der Waals surface area contributed by atoms with Gasteiger partial charge in [0.05, 0.1) is 18.5 Å². The van der Waals surface area contributed by atoms with Crippen LogP contribution in [0.5, 0.6) is 5.88 Å².